The highest BCUT2D eigenvalue weighted by atomic mass is 35.5. The molecule has 0 aliphatic carbocycles. The maximum absolute atomic E-state index is 13.3. The van der Waals surface area contributed by atoms with Gasteiger partial charge in [-0.25, -0.2) is 4.39 Å². The third kappa shape index (κ3) is 1.36. The van der Waals surface area contributed by atoms with Gasteiger partial charge >= 0.3 is 0 Å². The van der Waals surface area contributed by atoms with Crippen LogP contribution in [0.1, 0.15) is 0 Å². The molecule has 0 aliphatic heterocycles. The molecule has 4 heteroatoms. The lowest BCUT2D eigenvalue weighted by Gasteiger charge is -2.01. The lowest BCUT2D eigenvalue weighted by atomic mass is 10.2. The summed E-state index contributed by atoms with van der Waals surface area (Å²) in [6, 6.07) is 4.77. The standard InChI is InChI=1S/C9H4Cl2FN/c10-6-4-7(11)8(12)9-5(6)2-1-3-13-9/h1-4H. The predicted octanol–water partition coefficient (Wildman–Crippen LogP) is 3.68. The van der Waals surface area contributed by atoms with Crippen molar-refractivity contribution in [2.45, 2.75) is 0 Å². The minimum absolute atomic E-state index is 0.00352. The molecule has 0 bridgehead atoms. The molecule has 2 aromatic rings. The summed E-state index contributed by atoms with van der Waals surface area (Å²) in [7, 11) is 0. The molecule has 1 aromatic heterocycles. The summed E-state index contributed by atoms with van der Waals surface area (Å²) in [6.07, 6.45) is 1.50. The average Bonchev–Trinajstić information content (AvgIpc) is 2.15. The quantitative estimate of drug-likeness (QED) is 0.612. The van der Waals surface area contributed by atoms with E-state index in [0.717, 1.165) is 0 Å². The molecule has 0 saturated heterocycles. The Morgan fingerprint density at radius 1 is 1.23 bits per heavy atom. The lowest BCUT2D eigenvalue weighted by molar-refractivity contribution is 0.637. The molecule has 0 amide bonds. The van der Waals surface area contributed by atoms with E-state index in [1.54, 1.807) is 12.1 Å². The highest BCUT2D eigenvalue weighted by molar-refractivity contribution is 6.38. The fourth-order valence-electron chi connectivity index (χ4n) is 1.14. The van der Waals surface area contributed by atoms with Crippen molar-refractivity contribution in [3.63, 3.8) is 0 Å². The summed E-state index contributed by atoms with van der Waals surface area (Å²) < 4.78 is 13.3. The Labute approximate surface area is 84.1 Å². The van der Waals surface area contributed by atoms with Gasteiger partial charge in [-0.15, -0.1) is 0 Å². The Morgan fingerprint density at radius 3 is 2.77 bits per heavy atom. The van der Waals surface area contributed by atoms with Gasteiger partial charge in [0, 0.05) is 11.6 Å². The van der Waals surface area contributed by atoms with Crippen molar-refractivity contribution >= 4 is 34.1 Å². The van der Waals surface area contributed by atoms with Crippen LogP contribution in [0, 0.1) is 5.82 Å². The predicted molar refractivity (Wildman–Crippen MR) is 51.7 cm³/mol. The molecule has 2 rings (SSSR count). The zero-order chi connectivity index (χ0) is 9.42. The molecule has 0 radical (unpaired) electrons. The van der Waals surface area contributed by atoms with E-state index in [2.05, 4.69) is 4.98 Å². The van der Waals surface area contributed by atoms with Gasteiger partial charge < -0.3 is 0 Å². The second-order valence-corrected chi connectivity index (χ2v) is 3.37. The van der Waals surface area contributed by atoms with Crippen molar-refractivity contribution < 1.29 is 4.39 Å². The van der Waals surface area contributed by atoms with E-state index < -0.39 is 5.82 Å². The van der Waals surface area contributed by atoms with Gasteiger partial charge in [0.25, 0.3) is 0 Å². The Balaban J connectivity index is 2.97. The van der Waals surface area contributed by atoms with Gasteiger partial charge in [0.15, 0.2) is 5.82 Å². The minimum atomic E-state index is -0.526. The van der Waals surface area contributed by atoms with E-state index in [4.69, 9.17) is 23.2 Å². The molecule has 0 unspecified atom stereocenters. The SMILES string of the molecule is Fc1c(Cl)cc(Cl)c2cccnc12. The van der Waals surface area contributed by atoms with E-state index in [0.29, 0.717) is 10.4 Å². The topological polar surface area (TPSA) is 12.9 Å². The van der Waals surface area contributed by atoms with Crippen LogP contribution in [0.25, 0.3) is 10.9 Å². The number of nitrogens with zero attached hydrogens (tertiary/aromatic N) is 1. The van der Waals surface area contributed by atoms with Crippen molar-refractivity contribution in [3.8, 4) is 0 Å². The zero-order valence-electron chi connectivity index (χ0n) is 6.39. The fraction of sp³-hybridized carbons (Fsp3) is 0. The van der Waals surface area contributed by atoms with Crippen LogP contribution in [0.5, 0.6) is 0 Å². The lowest BCUT2D eigenvalue weighted by Crippen LogP contribution is -1.85. The maximum atomic E-state index is 13.3. The summed E-state index contributed by atoms with van der Waals surface area (Å²) >= 11 is 11.4. The van der Waals surface area contributed by atoms with Gasteiger partial charge in [-0.3, -0.25) is 4.98 Å². The van der Waals surface area contributed by atoms with E-state index in [9.17, 15) is 4.39 Å². The largest absolute Gasteiger partial charge is 0.253 e. The molecule has 66 valence electrons. The maximum Gasteiger partial charge on any atom is 0.168 e. The molecule has 0 aliphatic rings. The monoisotopic (exact) mass is 215 g/mol. The molecule has 1 aromatic carbocycles. The van der Waals surface area contributed by atoms with Crippen LogP contribution < -0.4 is 0 Å². The molecule has 0 atom stereocenters. The molecule has 0 N–H and O–H groups in total. The van der Waals surface area contributed by atoms with Crippen molar-refractivity contribution in [3.05, 3.63) is 40.3 Å². The number of halogens is 3. The molecule has 1 heterocycles. The molecule has 0 saturated carbocycles. The van der Waals surface area contributed by atoms with Gasteiger partial charge in [0.05, 0.1) is 10.0 Å². The first-order chi connectivity index (χ1) is 6.20. The second-order valence-electron chi connectivity index (χ2n) is 2.55. The minimum Gasteiger partial charge on any atom is -0.253 e. The van der Waals surface area contributed by atoms with Gasteiger partial charge in [-0.1, -0.05) is 23.2 Å². The van der Waals surface area contributed by atoms with Crippen LogP contribution in [0.4, 0.5) is 4.39 Å². The first kappa shape index (κ1) is 8.73. The van der Waals surface area contributed by atoms with Crippen LogP contribution >= 0.6 is 23.2 Å². The molecule has 0 fully saturated rings. The van der Waals surface area contributed by atoms with Crippen molar-refractivity contribution in [1.29, 1.82) is 0 Å². The first-order valence-electron chi connectivity index (χ1n) is 3.58. The normalized spacial score (nSPS) is 10.7. The number of pyridine rings is 1. The third-order valence-electron chi connectivity index (χ3n) is 1.74. The molecule has 1 nitrogen and oxygen atoms in total. The van der Waals surface area contributed by atoms with E-state index >= 15 is 0 Å². The van der Waals surface area contributed by atoms with Crippen molar-refractivity contribution in [2.24, 2.45) is 0 Å². The summed E-state index contributed by atoms with van der Waals surface area (Å²) in [5.74, 6) is -0.526. The third-order valence-corrected chi connectivity index (χ3v) is 2.32. The second kappa shape index (κ2) is 3.13. The summed E-state index contributed by atoms with van der Waals surface area (Å²) in [6.45, 7) is 0. The van der Waals surface area contributed by atoms with Gasteiger partial charge in [-0.2, -0.15) is 0 Å². The smallest absolute Gasteiger partial charge is 0.168 e. The summed E-state index contributed by atoms with van der Waals surface area (Å²) in [5.41, 5.74) is 0.208. The van der Waals surface area contributed by atoms with Crippen LogP contribution in [-0.4, -0.2) is 4.98 Å². The average molecular weight is 216 g/mol. The van der Waals surface area contributed by atoms with E-state index in [1.165, 1.54) is 12.3 Å². The Bertz CT molecular complexity index is 470. The molecular formula is C9H4Cl2FN. The van der Waals surface area contributed by atoms with Crippen LogP contribution in [0.3, 0.4) is 0 Å². The summed E-state index contributed by atoms with van der Waals surface area (Å²) in [5, 5.41) is 0.983. The van der Waals surface area contributed by atoms with Crippen molar-refractivity contribution in [1.82, 2.24) is 4.98 Å². The van der Waals surface area contributed by atoms with E-state index in [-0.39, 0.29) is 10.5 Å². The molecule has 0 spiro atoms. The number of benzene rings is 1. The molecule has 13 heavy (non-hydrogen) atoms. The highest BCUT2D eigenvalue weighted by Crippen LogP contribution is 2.29. The van der Waals surface area contributed by atoms with Crippen molar-refractivity contribution in [2.75, 3.05) is 0 Å². The number of aromatic nitrogens is 1. The fourth-order valence-corrected chi connectivity index (χ4v) is 1.65. The number of hydrogen-bond donors (Lipinski definition) is 0. The Kier molecular flexibility index (Phi) is 2.10. The van der Waals surface area contributed by atoms with Gasteiger partial charge in [-0.05, 0) is 18.2 Å². The van der Waals surface area contributed by atoms with Gasteiger partial charge in [0.1, 0.15) is 5.52 Å². The van der Waals surface area contributed by atoms with Gasteiger partial charge in [0.2, 0.25) is 0 Å². The first-order valence-corrected chi connectivity index (χ1v) is 4.34. The van der Waals surface area contributed by atoms with Crippen LogP contribution in [0.2, 0.25) is 10.0 Å². The van der Waals surface area contributed by atoms with E-state index in [1.807, 2.05) is 0 Å². The number of hydrogen-bond acceptors (Lipinski definition) is 1. The zero-order valence-corrected chi connectivity index (χ0v) is 7.90. The number of rotatable bonds is 0. The highest BCUT2D eigenvalue weighted by Gasteiger charge is 2.09. The Hall–Kier alpha value is -0.860. The van der Waals surface area contributed by atoms with Crippen LogP contribution in [-0.2, 0) is 0 Å². The summed E-state index contributed by atoms with van der Waals surface area (Å²) in [4.78, 5) is 3.86. The number of fused-ring (bicyclic) bond motifs is 1. The van der Waals surface area contributed by atoms with Crippen LogP contribution in [0.15, 0.2) is 24.4 Å². The Morgan fingerprint density at radius 2 is 2.00 bits per heavy atom. The molecular weight excluding hydrogens is 212 g/mol.